The van der Waals surface area contributed by atoms with Crippen molar-refractivity contribution in [1.29, 1.82) is 0 Å². The number of rotatable bonds is 2. The molecule has 1 aromatic rings. The maximum atomic E-state index is 9.68. The van der Waals surface area contributed by atoms with E-state index < -0.39 is 6.29 Å². The van der Waals surface area contributed by atoms with E-state index in [1.807, 2.05) is 0 Å². The van der Waals surface area contributed by atoms with Gasteiger partial charge in [0.05, 0.1) is 25.3 Å². The summed E-state index contributed by atoms with van der Waals surface area (Å²) < 4.78 is 15.8. The molecule has 1 N–H and O–H groups in total. The molecule has 0 aromatic heterocycles. The lowest BCUT2D eigenvalue weighted by Gasteiger charge is -2.24. The highest BCUT2D eigenvalue weighted by atomic mass is 35.5. The number of phenols is 1. The molecule has 0 amide bonds. The van der Waals surface area contributed by atoms with Crippen molar-refractivity contribution in [3.63, 3.8) is 0 Å². The fourth-order valence-electron chi connectivity index (χ4n) is 1.62. The summed E-state index contributed by atoms with van der Waals surface area (Å²) in [5.74, 6) is 0.254. The summed E-state index contributed by atoms with van der Waals surface area (Å²) in [7, 11) is 1.45. The maximum Gasteiger partial charge on any atom is 0.183 e. The van der Waals surface area contributed by atoms with Crippen LogP contribution in [0.15, 0.2) is 12.1 Å². The summed E-state index contributed by atoms with van der Waals surface area (Å²) >= 11 is 5.96. The number of benzene rings is 1. The lowest BCUT2D eigenvalue weighted by molar-refractivity contribution is -0.183. The topological polar surface area (TPSA) is 47.9 Å². The van der Waals surface area contributed by atoms with Gasteiger partial charge in [0.25, 0.3) is 0 Å². The Morgan fingerprint density at radius 2 is 2.06 bits per heavy atom. The van der Waals surface area contributed by atoms with Crippen molar-refractivity contribution >= 4 is 11.6 Å². The van der Waals surface area contributed by atoms with Crippen molar-refractivity contribution in [2.45, 2.75) is 12.7 Å². The number of halogens is 1. The summed E-state index contributed by atoms with van der Waals surface area (Å²) in [6.07, 6.45) is 0.426. The summed E-state index contributed by atoms with van der Waals surface area (Å²) in [4.78, 5) is 0. The summed E-state index contributed by atoms with van der Waals surface area (Å²) in [6, 6.07) is 3.22. The van der Waals surface area contributed by atoms with Gasteiger partial charge in [-0.05, 0) is 18.6 Å². The molecule has 1 heterocycles. The lowest BCUT2D eigenvalue weighted by Crippen LogP contribution is -2.17. The second kappa shape index (κ2) is 4.91. The van der Waals surface area contributed by atoms with Crippen LogP contribution in [0.25, 0.3) is 0 Å². The minimum absolute atomic E-state index is 0.0113. The van der Waals surface area contributed by atoms with E-state index in [4.69, 9.17) is 25.8 Å². The predicted octanol–water partition coefficient (Wildman–Crippen LogP) is 2.49. The molecule has 5 heteroatoms. The zero-order valence-corrected chi connectivity index (χ0v) is 9.66. The first-order valence-corrected chi connectivity index (χ1v) is 5.40. The van der Waals surface area contributed by atoms with Crippen LogP contribution in [0.1, 0.15) is 18.3 Å². The van der Waals surface area contributed by atoms with E-state index >= 15 is 0 Å². The molecule has 0 aliphatic carbocycles. The molecular weight excluding hydrogens is 232 g/mol. The number of methoxy groups -OCH3 is 1. The Morgan fingerprint density at radius 3 is 2.62 bits per heavy atom. The largest absolute Gasteiger partial charge is 0.504 e. The van der Waals surface area contributed by atoms with Crippen LogP contribution in [0.5, 0.6) is 11.5 Å². The molecule has 1 aromatic carbocycles. The fourth-order valence-corrected chi connectivity index (χ4v) is 1.92. The third-order valence-corrected chi connectivity index (χ3v) is 2.63. The van der Waals surface area contributed by atoms with Gasteiger partial charge in [0.2, 0.25) is 0 Å². The quantitative estimate of drug-likeness (QED) is 0.868. The Hall–Kier alpha value is -0.970. The smallest absolute Gasteiger partial charge is 0.183 e. The van der Waals surface area contributed by atoms with Crippen molar-refractivity contribution in [3.05, 3.63) is 22.7 Å². The summed E-state index contributed by atoms with van der Waals surface area (Å²) in [6.45, 7) is 1.30. The van der Waals surface area contributed by atoms with Crippen LogP contribution in [-0.4, -0.2) is 25.4 Å². The van der Waals surface area contributed by atoms with Crippen molar-refractivity contribution in [2.75, 3.05) is 20.3 Å². The molecule has 1 fully saturated rings. The van der Waals surface area contributed by atoms with Gasteiger partial charge in [0.15, 0.2) is 17.8 Å². The van der Waals surface area contributed by atoms with Gasteiger partial charge in [0, 0.05) is 5.56 Å². The molecule has 16 heavy (non-hydrogen) atoms. The van der Waals surface area contributed by atoms with Gasteiger partial charge in [-0.25, -0.2) is 0 Å². The van der Waals surface area contributed by atoms with Crippen molar-refractivity contribution in [3.8, 4) is 11.5 Å². The van der Waals surface area contributed by atoms with E-state index in [1.165, 1.54) is 7.11 Å². The Labute approximate surface area is 98.7 Å². The van der Waals surface area contributed by atoms with Gasteiger partial charge < -0.3 is 19.3 Å². The minimum Gasteiger partial charge on any atom is -0.504 e. The van der Waals surface area contributed by atoms with E-state index in [-0.39, 0.29) is 11.5 Å². The number of phenolic OH excluding ortho intramolecular Hbond substituents is 1. The van der Waals surface area contributed by atoms with Crippen molar-refractivity contribution in [2.24, 2.45) is 0 Å². The van der Waals surface area contributed by atoms with Crippen LogP contribution in [0.2, 0.25) is 5.02 Å². The highest BCUT2D eigenvalue weighted by Gasteiger charge is 2.20. The molecule has 88 valence electrons. The average molecular weight is 245 g/mol. The Kier molecular flexibility index (Phi) is 3.53. The van der Waals surface area contributed by atoms with Crippen LogP contribution in [0.3, 0.4) is 0 Å². The molecule has 0 saturated carbocycles. The van der Waals surface area contributed by atoms with Gasteiger partial charge >= 0.3 is 0 Å². The predicted molar refractivity (Wildman–Crippen MR) is 58.9 cm³/mol. The van der Waals surface area contributed by atoms with Gasteiger partial charge in [-0.2, -0.15) is 0 Å². The van der Waals surface area contributed by atoms with Crippen molar-refractivity contribution < 1.29 is 19.3 Å². The molecule has 0 bridgehead atoms. The Bertz CT molecular complexity index is 351. The lowest BCUT2D eigenvalue weighted by atomic mass is 10.2. The van der Waals surface area contributed by atoms with Crippen LogP contribution < -0.4 is 4.74 Å². The monoisotopic (exact) mass is 244 g/mol. The SMILES string of the molecule is COc1c(O)cc(C2OCCCO2)cc1Cl. The van der Waals surface area contributed by atoms with E-state index in [0.29, 0.717) is 23.8 Å². The summed E-state index contributed by atoms with van der Waals surface area (Å²) in [5, 5.41) is 10.0. The van der Waals surface area contributed by atoms with Gasteiger partial charge in [-0.1, -0.05) is 11.6 Å². The second-order valence-corrected chi connectivity index (χ2v) is 3.89. The van der Waals surface area contributed by atoms with Crippen molar-refractivity contribution in [1.82, 2.24) is 0 Å². The van der Waals surface area contributed by atoms with E-state index in [9.17, 15) is 5.11 Å². The van der Waals surface area contributed by atoms with Gasteiger partial charge in [-0.15, -0.1) is 0 Å². The van der Waals surface area contributed by atoms with Gasteiger partial charge in [0.1, 0.15) is 0 Å². The number of hydrogen-bond acceptors (Lipinski definition) is 4. The number of aromatic hydroxyl groups is 1. The summed E-state index contributed by atoms with van der Waals surface area (Å²) in [5.41, 5.74) is 0.697. The second-order valence-electron chi connectivity index (χ2n) is 3.48. The molecule has 4 nitrogen and oxygen atoms in total. The highest BCUT2D eigenvalue weighted by molar-refractivity contribution is 6.32. The molecule has 1 saturated heterocycles. The molecule has 1 aliphatic heterocycles. The number of ether oxygens (including phenoxy) is 3. The van der Waals surface area contributed by atoms with Crippen LogP contribution in [0, 0.1) is 0 Å². The maximum absolute atomic E-state index is 9.68. The van der Waals surface area contributed by atoms with Crippen LogP contribution in [0.4, 0.5) is 0 Å². The van der Waals surface area contributed by atoms with Crippen LogP contribution in [-0.2, 0) is 9.47 Å². The first-order chi connectivity index (χ1) is 7.72. The van der Waals surface area contributed by atoms with E-state index in [2.05, 4.69) is 0 Å². The molecule has 0 radical (unpaired) electrons. The average Bonchev–Trinajstić information content (AvgIpc) is 2.30. The molecule has 0 atom stereocenters. The van der Waals surface area contributed by atoms with E-state index in [1.54, 1.807) is 12.1 Å². The molecule has 1 aliphatic rings. The normalized spacial score (nSPS) is 17.4. The zero-order valence-electron chi connectivity index (χ0n) is 8.90. The molecule has 2 rings (SSSR count). The van der Waals surface area contributed by atoms with E-state index in [0.717, 1.165) is 6.42 Å². The Morgan fingerprint density at radius 1 is 1.38 bits per heavy atom. The first kappa shape index (κ1) is 11.5. The third kappa shape index (κ3) is 2.24. The highest BCUT2D eigenvalue weighted by Crippen LogP contribution is 2.38. The zero-order chi connectivity index (χ0) is 11.5. The van der Waals surface area contributed by atoms with Gasteiger partial charge in [-0.3, -0.25) is 0 Å². The number of hydrogen-bond donors (Lipinski definition) is 1. The third-order valence-electron chi connectivity index (χ3n) is 2.35. The molecule has 0 unspecified atom stereocenters. The first-order valence-electron chi connectivity index (χ1n) is 5.02. The minimum atomic E-state index is -0.456. The fraction of sp³-hybridized carbons (Fsp3) is 0.455. The van der Waals surface area contributed by atoms with Crippen LogP contribution >= 0.6 is 11.6 Å². The Balaban J connectivity index is 2.28. The standard InChI is InChI=1S/C11H13ClO4/c1-14-10-8(12)5-7(6-9(10)13)11-15-3-2-4-16-11/h5-6,11,13H,2-4H2,1H3. The molecule has 0 spiro atoms. The molecular formula is C11H13ClO4.